The van der Waals surface area contributed by atoms with Crippen molar-refractivity contribution in [3.8, 4) is 11.5 Å². The minimum Gasteiger partial charge on any atom is -0.462 e. The minimum absolute atomic E-state index is 0.185. The summed E-state index contributed by atoms with van der Waals surface area (Å²) >= 11 is 4.97. The molecule has 3 rings (SSSR count). The second-order valence-electron chi connectivity index (χ2n) is 6.17. The van der Waals surface area contributed by atoms with Crippen molar-refractivity contribution >= 4 is 17.5 Å². The lowest BCUT2D eigenvalue weighted by Crippen LogP contribution is -2.61. The van der Waals surface area contributed by atoms with E-state index in [1.807, 2.05) is 0 Å². The third-order valence-electron chi connectivity index (χ3n) is 4.13. The van der Waals surface area contributed by atoms with Crippen LogP contribution in [0.2, 0.25) is 0 Å². The van der Waals surface area contributed by atoms with Crippen LogP contribution in [0, 0.1) is 11.6 Å². The monoisotopic (exact) mass is 428 g/mol. The summed E-state index contributed by atoms with van der Waals surface area (Å²) in [5, 5.41) is 29.9. The maximum absolute atomic E-state index is 13.0. The van der Waals surface area contributed by atoms with Crippen LogP contribution in [0.5, 0.6) is 11.5 Å². The van der Waals surface area contributed by atoms with Gasteiger partial charge in [-0.3, -0.25) is 0 Å². The molecular formula is C19H18F2O7S. The second-order valence-corrected chi connectivity index (χ2v) is 6.50. The van der Waals surface area contributed by atoms with Crippen LogP contribution in [0.1, 0.15) is 0 Å². The van der Waals surface area contributed by atoms with Crippen LogP contribution in [-0.2, 0) is 9.47 Å². The van der Waals surface area contributed by atoms with Crippen LogP contribution in [-0.4, -0.2) is 57.9 Å². The fourth-order valence-corrected chi connectivity index (χ4v) is 2.88. The Labute approximate surface area is 170 Å². The fraction of sp³-hybridized carbons (Fsp3) is 0.316. The van der Waals surface area contributed by atoms with Gasteiger partial charge in [-0.25, -0.2) is 8.78 Å². The molecule has 1 aliphatic rings. The van der Waals surface area contributed by atoms with Gasteiger partial charge < -0.3 is 34.3 Å². The van der Waals surface area contributed by atoms with Gasteiger partial charge in [-0.15, -0.1) is 0 Å². The predicted octanol–water partition coefficient (Wildman–Crippen LogP) is 1.53. The SMILES string of the molecule is OC[C@H]1O[C@@H](Oc2ccc(F)cc2)[C@H](O)[C@@H](OC(=S)Oc2ccc(F)cc2)[C@H]1O. The molecule has 0 unspecified atom stereocenters. The molecule has 5 atom stereocenters. The molecule has 156 valence electrons. The van der Waals surface area contributed by atoms with Gasteiger partial charge in [0.05, 0.1) is 6.61 Å². The number of ether oxygens (including phenoxy) is 4. The molecule has 0 aromatic heterocycles. The highest BCUT2D eigenvalue weighted by atomic mass is 32.1. The van der Waals surface area contributed by atoms with E-state index in [9.17, 15) is 24.1 Å². The van der Waals surface area contributed by atoms with Crippen LogP contribution in [0.15, 0.2) is 48.5 Å². The van der Waals surface area contributed by atoms with Crippen molar-refractivity contribution in [3.63, 3.8) is 0 Å². The van der Waals surface area contributed by atoms with Crippen molar-refractivity contribution in [2.24, 2.45) is 0 Å². The van der Waals surface area contributed by atoms with Crippen LogP contribution < -0.4 is 9.47 Å². The molecule has 1 saturated heterocycles. The van der Waals surface area contributed by atoms with E-state index in [1.54, 1.807) is 0 Å². The first-order valence-corrected chi connectivity index (χ1v) is 8.97. The average Bonchev–Trinajstić information content (AvgIpc) is 2.70. The van der Waals surface area contributed by atoms with E-state index in [4.69, 9.17) is 31.2 Å². The van der Waals surface area contributed by atoms with E-state index >= 15 is 0 Å². The number of thiocarbonyl (C=S) groups is 1. The summed E-state index contributed by atoms with van der Waals surface area (Å²) in [4.78, 5) is 0. The number of hydrogen-bond donors (Lipinski definition) is 3. The molecule has 10 heteroatoms. The molecule has 0 amide bonds. The Morgan fingerprint density at radius 3 is 2.03 bits per heavy atom. The summed E-state index contributed by atoms with van der Waals surface area (Å²) < 4.78 is 47.5. The quantitative estimate of drug-likeness (QED) is 0.617. The standard InChI is InChI=1S/C19H18F2O7S/c20-10-1-5-12(6-2-10)25-18-16(24)17(15(23)14(9-22)27-18)28-19(29)26-13-7-3-11(21)4-8-13/h1-8,14-18,22-24H,9H2/t14-,15+,16-,17+,18-/m1/s1. The van der Waals surface area contributed by atoms with Crippen LogP contribution >= 0.6 is 12.2 Å². The summed E-state index contributed by atoms with van der Waals surface area (Å²) in [6, 6.07) is 9.91. The number of halogens is 2. The van der Waals surface area contributed by atoms with Gasteiger partial charge in [-0.1, -0.05) is 0 Å². The number of aliphatic hydroxyl groups excluding tert-OH is 3. The summed E-state index contributed by atoms with van der Waals surface area (Å²) in [6.07, 6.45) is -6.85. The lowest BCUT2D eigenvalue weighted by atomic mass is 9.99. The zero-order valence-electron chi connectivity index (χ0n) is 14.9. The molecule has 3 N–H and O–H groups in total. The molecule has 1 aliphatic heterocycles. The average molecular weight is 428 g/mol. The van der Waals surface area contributed by atoms with E-state index in [1.165, 1.54) is 24.3 Å². The van der Waals surface area contributed by atoms with Crippen molar-refractivity contribution in [1.29, 1.82) is 0 Å². The normalized spacial score (nSPS) is 26.6. The predicted molar refractivity (Wildman–Crippen MR) is 99.3 cm³/mol. The summed E-state index contributed by atoms with van der Waals surface area (Å²) in [5.41, 5.74) is 0. The summed E-state index contributed by atoms with van der Waals surface area (Å²) in [5.74, 6) is -0.570. The van der Waals surface area contributed by atoms with Crippen molar-refractivity contribution in [2.75, 3.05) is 6.61 Å². The first kappa shape index (κ1) is 21.3. The van der Waals surface area contributed by atoms with Crippen molar-refractivity contribution in [1.82, 2.24) is 0 Å². The van der Waals surface area contributed by atoms with Crippen LogP contribution in [0.3, 0.4) is 0 Å². The fourth-order valence-electron chi connectivity index (χ4n) is 2.67. The van der Waals surface area contributed by atoms with E-state index in [-0.39, 0.29) is 11.5 Å². The van der Waals surface area contributed by atoms with Crippen LogP contribution in [0.4, 0.5) is 8.78 Å². The Morgan fingerprint density at radius 2 is 1.48 bits per heavy atom. The number of benzene rings is 2. The Kier molecular flexibility index (Phi) is 6.93. The molecule has 0 aliphatic carbocycles. The number of rotatable bonds is 5. The zero-order valence-corrected chi connectivity index (χ0v) is 15.7. The van der Waals surface area contributed by atoms with E-state index in [0.717, 1.165) is 24.3 Å². The summed E-state index contributed by atoms with van der Waals surface area (Å²) in [6.45, 7) is -0.595. The third-order valence-corrected chi connectivity index (χ3v) is 4.31. The highest BCUT2D eigenvalue weighted by molar-refractivity contribution is 7.79. The first-order valence-electron chi connectivity index (χ1n) is 8.56. The smallest absolute Gasteiger partial charge is 0.358 e. The Balaban J connectivity index is 1.70. The van der Waals surface area contributed by atoms with Crippen molar-refractivity contribution in [2.45, 2.75) is 30.7 Å². The Hall–Kier alpha value is -2.37. The molecule has 0 saturated carbocycles. The third kappa shape index (κ3) is 5.37. The molecule has 0 spiro atoms. The molecule has 1 heterocycles. The van der Waals surface area contributed by atoms with Gasteiger partial charge in [0, 0.05) is 12.2 Å². The van der Waals surface area contributed by atoms with E-state index < -0.39 is 54.2 Å². The number of aliphatic hydroxyl groups is 3. The van der Waals surface area contributed by atoms with Gasteiger partial charge in [0.15, 0.2) is 12.2 Å². The van der Waals surface area contributed by atoms with E-state index in [0.29, 0.717) is 0 Å². The first-order chi connectivity index (χ1) is 13.9. The molecule has 0 radical (unpaired) electrons. The van der Waals surface area contributed by atoms with Gasteiger partial charge in [0.1, 0.15) is 35.3 Å². The zero-order chi connectivity index (χ0) is 21.0. The maximum Gasteiger partial charge on any atom is 0.358 e. The summed E-state index contributed by atoms with van der Waals surface area (Å²) in [7, 11) is 0. The van der Waals surface area contributed by atoms with Crippen LogP contribution in [0.25, 0.3) is 0 Å². The van der Waals surface area contributed by atoms with Crippen molar-refractivity contribution in [3.05, 3.63) is 60.2 Å². The molecule has 1 fully saturated rings. The van der Waals surface area contributed by atoms with E-state index in [2.05, 4.69) is 0 Å². The molecule has 2 aromatic rings. The van der Waals surface area contributed by atoms with Gasteiger partial charge in [0.2, 0.25) is 6.29 Å². The van der Waals surface area contributed by atoms with Gasteiger partial charge >= 0.3 is 5.24 Å². The molecule has 2 aromatic carbocycles. The highest BCUT2D eigenvalue weighted by Gasteiger charge is 2.47. The molecular weight excluding hydrogens is 410 g/mol. The molecule has 7 nitrogen and oxygen atoms in total. The van der Waals surface area contributed by atoms with Gasteiger partial charge in [-0.05, 0) is 48.5 Å². The van der Waals surface area contributed by atoms with Gasteiger partial charge in [0.25, 0.3) is 0 Å². The van der Waals surface area contributed by atoms with Gasteiger partial charge in [-0.2, -0.15) is 0 Å². The Bertz CT molecular complexity index is 818. The number of hydrogen-bond acceptors (Lipinski definition) is 8. The topological polar surface area (TPSA) is 97.6 Å². The highest BCUT2D eigenvalue weighted by Crippen LogP contribution is 2.27. The van der Waals surface area contributed by atoms with Crippen molar-refractivity contribution < 1.29 is 43.0 Å². The molecule has 29 heavy (non-hydrogen) atoms. The minimum atomic E-state index is -1.53. The molecule has 0 bridgehead atoms. The maximum atomic E-state index is 13.0. The lowest BCUT2D eigenvalue weighted by molar-refractivity contribution is -0.275. The second kappa shape index (κ2) is 9.42. The Morgan fingerprint density at radius 1 is 0.931 bits per heavy atom. The largest absolute Gasteiger partial charge is 0.462 e. The lowest BCUT2D eigenvalue weighted by Gasteiger charge is -2.41.